The molecule has 3 nitrogen and oxygen atoms in total. The zero-order valence-electron chi connectivity index (χ0n) is 10.1. The Morgan fingerprint density at radius 1 is 1.24 bits per heavy atom. The summed E-state index contributed by atoms with van der Waals surface area (Å²) in [6.45, 7) is 4.00. The molecule has 3 heteroatoms. The van der Waals surface area contributed by atoms with E-state index in [1.807, 2.05) is 24.7 Å². The van der Waals surface area contributed by atoms with E-state index in [9.17, 15) is 5.11 Å². The Balaban J connectivity index is 2.07. The van der Waals surface area contributed by atoms with Gasteiger partial charge in [-0.15, -0.1) is 0 Å². The molecule has 3 rings (SSSR count). The molecule has 0 amide bonds. The van der Waals surface area contributed by atoms with Crippen LogP contribution in [-0.4, -0.2) is 14.9 Å². The van der Waals surface area contributed by atoms with Gasteiger partial charge in [-0.25, -0.2) is 4.68 Å². The molecule has 17 heavy (non-hydrogen) atoms. The molecule has 2 aromatic rings. The lowest BCUT2D eigenvalue weighted by Crippen LogP contribution is -2.00. The number of aromatic hydroxyl groups is 1. The minimum atomic E-state index is 0.318. The summed E-state index contributed by atoms with van der Waals surface area (Å²) in [6.07, 6.45) is 6.66. The quantitative estimate of drug-likeness (QED) is 0.857. The molecule has 1 aromatic heterocycles. The summed E-state index contributed by atoms with van der Waals surface area (Å²) < 4.78 is 1.93. The van der Waals surface area contributed by atoms with Gasteiger partial charge in [-0.05, 0) is 61.4 Å². The van der Waals surface area contributed by atoms with E-state index in [0.717, 1.165) is 22.7 Å². The fourth-order valence-electron chi connectivity index (χ4n) is 2.38. The first-order valence-corrected chi connectivity index (χ1v) is 6.00. The lowest BCUT2D eigenvalue weighted by Gasteiger charge is -2.10. The third kappa shape index (κ3) is 1.82. The van der Waals surface area contributed by atoms with Crippen molar-refractivity contribution in [2.24, 2.45) is 0 Å². The molecule has 0 radical (unpaired) electrons. The van der Waals surface area contributed by atoms with Crippen LogP contribution in [0.4, 0.5) is 0 Å². The molecule has 0 aliphatic heterocycles. The molecule has 1 saturated carbocycles. The smallest absolute Gasteiger partial charge is 0.116 e. The monoisotopic (exact) mass is 228 g/mol. The highest BCUT2D eigenvalue weighted by atomic mass is 16.3. The summed E-state index contributed by atoms with van der Waals surface area (Å²) >= 11 is 0. The molecule has 1 N–H and O–H groups in total. The molecule has 0 bridgehead atoms. The van der Waals surface area contributed by atoms with Gasteiger partial charge < -0.3 is 5.11 Å². The topological polar surface area (TPSA) is 38.0 Å². The fourth-order valence-corrected chi connectivity index (χ4v) is 2.38. The maximum Gasteiger partial charge on any atom is 0.116 e. The van der Waals surface area contributed by atoms with Crippen LogP contribution >= 0.6 is 0 Å². The Morgan fingerprint density at radius 2 is 1.88 bits per heavy atom. The largest absolute Gasteiger partial charge is 0.508 e. The molecule has 88 valence electrons. The molecule has 1 aliphatic carbocycles. The average molecular weight is 228 g/mol. The van der Waals surface area contributed by atoms with Crippen LogP contribution in [0.25, 0.3) is 5.69 Å². The van der Waals surface area contributed by atoms with Gasteiger partial charge in [0, 0.05) is 6.20 Å². The van der Waals surface area contributed by atoms with Gasteiger partial charge in [0.05, 0.1) is 11.9 Å². The molecule has 1 fully saturated rings. The molecule has 0 unspecified atom stereocenters. The second kappa shape index (κ2) is 3.62. The van der Waals surface area contributed by atoms with Crippen LogP contribution in [0.1, 0.15) is 35.4 Å². The van der Waals surface area contributed by atoms with Gasteiger partial charge in [-0.2, -0.15) is 5.10 Å². The van der Waals surface area contributed by atoms with E-state index in [1.54, 1.807) is 12.1 Å². The summed E-state index contributed by atoms with van der Waals surface area (Å²) in [4.78, 5) is 0. The number of nitrogens with zero attached hydrogens (tertiary/aromatic N) is 2. The Kier molecular flexibility index (Phi) is 2.21. The number of aryl methyl sites for hydroxylation is 2. The van der Waals surface area contributed by atoms with Gasteiger partial charge in [0.15, 0.2) is 0 Å². The highest BCUT2D eigenvalue weighted by Gasteiger charge is 2.25. The molecule has 0 spiro atoms. The van der Waals surface area contributed by atoms with E-state index in [0.29, 0.717) is 5.75 Å². The van der Waals surface area contributed by atoms with Crippen LogP contribution in [-0.2, 0) is 0 Å². The van der Waals surface area contributed by atoms with Crippen LogP contribution in [0.15, 0.2) is 24.5 Å². The minimum Gasteiger partial charge on any atom is -0.508 e. The third-order valence-corrected chi connectivity index (χ3v) is 3.36. The summed E-state index contributed by atoms with van der Waals surface area (Å²) in [7, 11) is 0. The van der Waals surface area contributed by atoms with Gasteiger partial charge in [0.2, 0.25) is 0 Å². The normalized spacial score (nSPS) is 15.2. The average Bonchev–Trinajstić information content (AvgIpc) is 2.98. The first-order valence-electron chi connectivity index (χ1n) is 6.00. The summed E-state index contributed by atoms with van der Waals surface area (Å²) in [5.41, 5.74) is 4.51. The van der Waals surface area contributed by atoms with Crippen molar-refractivity contribution in [3.05, 3.63) is 41.2 Å². The van der Waals surface area contributed by atoms with E-state index in [-0.39, 0.29) is 0 Å². The first kappa shape index (κ1) is 10.4. The van der Waals surface area contributed by atoms with Gasteiger partial charge in [-0.3, -0.25) is 0 Å². The van der Waals surface area contributed by atoms with E-state index < -0.39 is 0 Å². The van der Waals surface area contributed by atoms with Crippen LogP contribution in [0.5, 0.6) is 5.75 Å². The van der Waals surface area contributed by atoms with E-state index >= 15 is 0 Å². The van der Waals surface area contributed by atoms with E-state index in [1.165, 1.54) is 18.4 Å². The molecule has 1 heterocycles. The Morgan fingerprint density at radius 3 is 2.47 bits per heavy atom. The standard InChI is InChI=1S/C14H16N2O/c1-9-5-13(17)6-10(2)14(9)16-8-12(7-15-16)11-3-4-11/h5-8,11,17H,3-4H2,1-2H3. The molecular weight excluding hydrogens is 212 g/mol. The zero-order valence-corrected chi connectivity index (χ0v) is 10.1. The predicted molar refractivity (Wildman–Crippen MR) is 66.7 cm³/mol. The van der Waals surface area contributed by atoms with Crippen molar-refractivity contribution in [1.82, 2.24) is 9.78 Å². The number of phenolic OH excluding ortho intramolecular Hbond substituents is 1. The third-order valence-electron chi connectivity index (χ3n) is 3.36. The molecule has 1 aromatic carbocycles. The van der Waals surface area contributed by atoms with Crippen molar-refractivity contribution in [1.29, 1.82) is 0 Å². The highest BCUT2D eigenvalue weighted by molar-refractivity contribution is 5.50. The SMILES string of the molecule is Cc1cc(O)cc(C)c1-n1cc(C2CC2)cn1. The van der Waals surface area contributed by atoms with Gasteiger partial charge in [0.1, 0.15) is 5.75 Å². The van der Waals surface area contributed by atoms with Crippen molar-refractivity contribution in [2.75, 3.05) is 0 Å². The lowest BCUT2D eigenvalue weighted by molar-refractivity contribution is 0.474. The number of benzene rings is 1. The number of rotatable bonds is 2. The van der Waals surface area contributed by atoms with Crippen LogP contribution in [0.2, 0.25) is 0 Å². The van der Waals surface area contributed by atoms with Crippen molar-refractivity contribution in [2.45, 2.75) is 32.6 Å². The van der Waals surface area contributed by atoms with E-state index in [4.69, 9.17) is 0 Å². The number of hydrogen-bond acceptors (Lipinski definition) is 2. The Labute approximate surface area is 101 Å². The second-order valence-electron chi connectivity index (χ2n) is 4.92. The van der Waals surface area contributed by atoms with Crippen LogP contribution < -0.4 is 0 Å². The number of aromatic nitrogens is 2. The minimum absolute atomic E-state index is 0.318. The lowest BCUT2D eigenvalue weighted by atomic mass is 10.1. The van der Waals surface area contributed by atoms with Gasteiger partial charge in [-0.1, -0.05) is 0 Å². The van der Waals surface area contributed by atoms with Gasteiger partial charge >= 0.3 is 0 Å². The van der Waals surface area contributed by atoms with Crippen LogP contribution in [0, 0.1) is 13.8 Å². The fraction of sp³-hybridized carbons (Fsp3) is 0.357. The van der Waals surface area contributed by atoms with Gasteiger partial charge in [0.25, 0.3) is 0 Å². The molecule has 0 atom stereocenters. The molecular formula is C14H16N2O. The van der Waals surface area contributed by atoms with Crippen molar-refractivity contribution >= 4 is 0 Å². The predicted octanol–water partition coefficient (Wildman–Crippen LogP) is 3.07. The molecule has 0 saturated heterocycles. The maximum absolute atomic E-state index is 9.54. The summed E-state index contributed by atoms with van der Waals surface area (Å²) in [6, 6.07) is 3.56. The zero-order chi connectivity index (χ0) is 12.0. The summed E-state index contributed by atoms with van der Waals surface area (Å²) in [5, 5.41) is 14.0. The van der Waals surface area contributed by atoms with Crippen LogP contribution in [0.3, 0.4) is 0 Å². The molecule has 1 aliphatic rings. The Bertz CT molecular complexity index is 544. The van der Waals surface area contributed by atoms with Crippen molar-refractivity contribution in [3.63, 3.8) is 0 Å². The van der Waals surface area contributed by atoms with Crippen molar-refractivity contribution < 1.29 is 5.11 Å². The second-order valence-corrected chi connectivity index (χ2v) is 4.92. The number of phenols is 1. The highest BCUT2D eigenvalue weighted by Crippen LogP contribution is 2.40. The first-order chi connectivity index (χ1) is 8.15. The number of hydrogen-bond donors (Lipinski definition) is 1. The summed E-state index contributed by atoms with van der Waals surface area (Å²) in [5.74, 6) is 1.04. The van der Waals surface area contributed by atoms with Crippen molar-refractivity contribution in [3.8, 4) is 11.4 Å². The maximum atomic E-state index is 9.54. The van der Waals surface area contributed by atoms with E-state index in [2.05, 4.69) is 11.3 Å². The Hall–Kier alpha value is -1.77.